The van der Waals surface area contributed by atoms with Crippen molar-refractivity contribution >= 4 is 27.5 Å². The van der Waals surface area contributed by atoms with Gasteiger partial charge < -0.3 is 9.15 Å². The summed E-state index contributed by atoms with van der Waals surface area (Å²) < 4.78 is 12.3. The number of benzene rings is 1. The van der Waals surface area contributed by atoms with Gasteiger partial charge in [0.2, 0.25) is 5.89 Å². The first-order chi connectivity index (χ1) is 9.01. The molecule has 1 unspecified atom stereocenters. The molecule has 102 valence electrons. The second kappa shape index (κ2) is 5.92. The lowest BCUT2D eigenvalue weighted by Crippen LogP contribution is -2.06. The number of nitrogens with zero attached hydrogens (tertiary/aromatic N) is 2. The molecule has 0 amide bonds. The summed E-state index contributed by atoms with van der Waals surface area (Å²) in [5, 5.41) is 7.74. The van der Waals surface area contributed by atoms with Crippen molar-refractivity contribution in [2.45, 2.75) is 32.8 Å². The Morgan fingerprint density at radius 3 is 2.47 bits per heavy atom. The molecule has 0 bridgehead atoms. The van der Waals surface area contributed by atoms with Crippen LogP contribution in [-0.2, 0) is 5.88 Å². The zero-order chi connectivity index (χ0) is 14.0. The van der Waals surface area contributed by atoms with E-state index < -0.39 is 0 Å². The van der Waals surface area contributed by atoms with E-state index in [2.05, 4.69) is 26.1 Å². The molecule has 0 radical (unpaired) electrons. The topological polar surface area (TPSA) is 48.2 Å². The van der Waals surface area contributed by atoms with Gasteiger partial charge in [0.15, 0.2) is 6.10 Å². The summed E-state index contributed by atoms with van der Waals surface area (Å²) in [4.78, 5) is 0. The van der Waals surface area contributed by atoms with Crippen LogP contribution in [0.3, 0.4) is 0 Å². The van der Waals surface area contributed by atoms with Crippen molar-refractivity contribution in [3.63, 3.8) is 0 Å². The second-order valence-electron chi connectivity index (χ2n) is 4.30. The normalized spacial score (nSPS) is 12.5. The number of halogens is 2. The van der Waals surface area contributed by atoms with E-state index in [0.717, 1.165) is 21.3 Å². The summed E-state index contributed by atoms with van der Waals surface area (Å²) in [5.74, 6) is 1.87. The average molecular weight is 346 g/mol. The first kappa shape index (κ1) is 14.3. The summed E-state index contributed by atoms with van der Waals surface area (Å²) in [6.45, 7) is 5.86. The van der Waals surface area contributed by atoms with Gasteiger partial charge in [0, 0.05) is 4.47 Å². The van der Waals surface area contributed by atoms with Crippen LogP contribution < -0.4 is 4.74 Å². The van der Waals surface area contributed by atoms with E-state index in [0.29, 0.717) is 11.8 Å². The van der Waals surface area contributed by atoms with E-state index in [1.807, 2.05) is 32.9 Å². The van der Waals surface area contributed by atoms with Gasteiger partial charge in [0.25, 0.3) is 5.89 Å². The third-order valence-electron chi connectivity index (χ3n) is 2.66. The summed E-state index contributed by atoms with van der Waals surface area (Å²) >= 11 is 9.09. The minimum absolute atomic E-state index is 0.204. The lowest BCUT2D eigenvalue weighted by molar-refractivity contribution is 0.184. The quantitative estimate of drug-likeness (QED) is 0.774. The van der Waals surface area contributed by atoms with Crippen LogP contribution in [0.2, 0.25) is 0 Å². The maximum Gasteiger partial charge on any atom is 0.256 e. The summed E-state index contributed by atoms with van der Waals surface area (Å²) in [6, 6.07) is 4.01. The Bertz CT molecular complexity index is 563. The zero-order valence-corrected chi connectivity index (χ0v) is 13.2. The smallest absolute Gasteiger partial charge is 0.256 e. The van der Waals surface area contributed by atoms with Crippen molar-refractivity contribution in [1.82, 2.24) is 10.2 Å². The van der Waals surface area contributed by atoms with E-state index in [1.165, 1.54) is 0 Å². The van der Waals surface area contributed by atoms with Crippen molar-refractivity contribution in [3.05, 3.63) is 39.5 Å². The molecule has 1 aromatic carbocycles. The van der Waals surface area contributed by atoms with E-state index in [-0.39, 0.29) is 12.0 Å². The van der Waals surface area contributed by atoms with Gasteiger partial charge in [-0.05, 0) is 44.0 Å². The van der Waals surface area contributed by atoms with Gasteiger partial charge in [-0.15, -0.1) is 21.8 Å². The second-order valence-corrected chi connectivity index (χ2v) is 5.48. The monoisotopic (exact) mass is 344 g/mol. The molecule has 0 fully saturated rings. The summed E-state index contributed by atoms with van der Waals surface area (Å²) in [7, 11) is 0. The van der Waals surface area contributed by atoms with Gasteiger partial charge in [-0.1, -0.05) is 15.9 Å². The SMILES string of the molecule is Cc1cc(Br)cc(C)c1OC(C)c1nnc(CCl)o1. The molecule has 1 heterocycles. The van der Waals surface area contributed by atoms with Crippen LogP contribution in [0.4, 0.5) is 0 Å². The van der Waals surface area contributed by atoms with Gasteiger partial charge in [0.05, 0.1) is 0 Å². The van der Waals surface area contributed by atoms with Crippen LogP contribution >= 0.6 is 27.5 Å². The van der Waals surface area contributed by atoms with Crippen molar-refractivity contribution in [2.24, 2.45) is 0 Å². The molecule has 0 aliphatic carbocycles. The molecule has 1 aromatic heterocycles. The Morgan fingerprint density at radius 2 is 1.95 bits per heavy atom. The minimum Gasteiger partial charge on any atom is -0.480 e. The third kappa shape index (κ3) is 3.28. The van der Waals surface area contributed by atoms with Gasteiger partial charge in [-0.3, -0.25) is 0 Å². The predicted octanol–water partition coefficient (Wildman–Crippen LogP) is 4.33. The highest BCUT2D eigenvalue weighted by Crippen LogP contribution is 2.30. The van der Waals surface area contributed by atoms with Crippen LogP contribution in [0.5, 0.6) is 5.75 Å². The van der Waals surface area contributed by atoms with Crippen LogP contribution in [0.1, 0.15) is 35.9 Å². The number of aryl methyl sites for hydroxylation is 2. The molecule has 19 heavy (non-hydrogen) atoms. The van der Waals surface area contributed by atoms with E-state index in [1.54, 1.807) is 0 Å². The van der Waals surface area contributed by atoms with E-state index in [9.17, 15) is 0 Å². The largest absolute Gasteiger partial charge is 0.480 e. The van der Waals surface area contributed by atoms with Crippen molar-refractivity contribution < 1.29 is 9.15 Å². The van der Waals surface area contributed by atoms with Crippen LogP contribution in [-0.4, -0.2) is 10.2 Å². The maximum absolute atomic E-state index is 5.91. The molecule has 0 aliphatic heterocycles. The molecular weight excluding hydrogens is 332 g/mol. The van der Waals surface area contributed by atoms with Crippen LogP contribution in [0.15, 0.2) is 21.0 Å². The number of hydrogen-bond acceptors (Lipinski definition) is 4. The van der Waals surface area contributed by atoms with Crippen molar-refractivity contribution in [2.75, 3.05) is 0 Å². The van der Waals surface area contributed by atoms with Gasteiger partial charge in [-0.2, -0.15) is 0 Å². The van der Waals surface area contributed by atoms with Gasteiger partial charge in [0.1, 0.15) is 11.6 Å². The number of rotatable bonds is 4. The number of hydrogen-bond donors (Lipinski definition) is 0. The minimum atomic E-state index is -0.317. The fourth-order valence-electron chi connectivity index (χ4n) is 1.80. The molecule has 0 N–H and O–H groups in total. The fraction of sp³-hybridized carbons (Fsp3) is 0.385. The van der Waals surface area contributed by atoms with Gasteiger partial charge >= 0.3 is 0 Å². The highest BCUT2D eigenvalue weighted by Gasteiger charge is 2.17. The maximum atomic E-state index is 5.91. The molecule has 0 saturated heterocycles. The molecular formula is C13H14BrClN2O2. The highest BCUT2D eigenvalue weighted by atomic mass is 79.9. The summed E-state index contributed by atoms with van der Waals surface area (Å²) in [5.41, 5.74) is 2.10. The van der Waals surface area contributed by atoms with Crippen LogP contribution in [0, 0.1) is 13.8 Å². The fourth-order valence-corrected chi connectivity index (χ4v) is 2.59. The molecule has 6 heteroatoms. The predicted molar refractivity (Wildman–Crippen MR) is 76.5 cm³/mol. The van der Waals surface area contributed by atoms with Crippen molar-refractivity contribution in [3.8, 4) is 5.75 Å². The standard InChI is InChI=1S/C13H14BrClN2O2/c1-7-4-10(14)5-8(2)12(7)18-9(3)13-17-16-11(6-15)19-13/h4-5,9H,6H2,1-3H3. The Balaban J connectivity index is 2.21. The zero-order valence-electron chi connectivity index (χ0n) is 10.9. The lowest BCUT2D eigenvalue weighted by atomic mass is 10.1. The number of ether oxygens (including phenoxy) is 1. The molecule has 2 rings (SSSR count). The third-order valence-corrected chi connectivity index (χ3v) is 3.35. The first-order valence-electron chi connectivity index (χ1n) is 5.83. The lowest BCUT2D eigenvalue weighted by Gasteiger charge is -2.16. The number of alkyl halides is 1. The van der Waals surface area contributed by atoms with E-state index in [4.69, 9.17) is 20.8 Å². The number of aromatic nitrogens is 2. The highest BCUT2D eigenvalue weighted by molar-refractivity contribution is 9.10. The Labute approximate surface area is 125 Å². The Morgan fingerprint density at radius 1 is 1.32 bits per heavy atom. The molecule has 0 spiro atoms. The van der Waals surface area contributed by atoms with Gasteiger partial charge in [-0.25, -0.2) is 0 Å². The van der Waals surface area contributed by atoms with Crippen molar-refractivity contribution in [1.29, 1.82) is 0 Å². The summed E-state index contributed by atoms with van der Waals surface area (Å²) in [6.07, 6.45) is -0.317. The van der Waals surface area contributed by atoms with Crippen LogP contribution in [0.25, 0.3) is 0 Å². The Hall–Kier alpha value is -1.07. The molecule has 1 atom stereocenters. The first-order valence-corrected chi connectivity index (χ1v) is 7.15. The molecule has 4 nitrogen and oxygen atoms in total. The average Bonchev–Trinajstić information content (AvgIpc) is 2.82. The van der Waals surface area contributed by atoms with E-state index >= 15 is 0 Å². The Kier molecular flexibility index (Phi) is 4.47. The molecule has 0 saturated carbocycles. The molecule has 2 aromatic rings. The molecule has 0 aliphatic rings.